The SMILES string of the molecule is C#C[C@]1(COP(=O)(O)OP(=O)(O)OP(=O)(O)O)O[C@@H](n2cnc3c(=O)[nH]c(C)nc32)[C@H](F)[C@@H]1O. The van der Waals surface area contributed by atoms with Crippen LogP contribution >= 0.6 is 23.5 Å². The fourth-order valence-electron chi connectivity index (χ4n) is 2.96. The number of phosphoric ester groups is 1. The minimum absolute atomic E-state index is 0.137. The van der Waals surface area contributed by atoms with Crippen molar-refractivity contribution in [1.82, 2.24) is 19.5 Å². The number of H-pyrrole nitrogens is 1. The molecule has 6 atom stereocenters. The Morgan fingerprint density at radius 1 is 1.29 bits per heavy atom. The van der Waals surface area contributed by atoms with Crippen LogP contribution in [0.3, 0.4) is 0 Å². The van der Waals surface area contributed by atoms with Gasteiger partial charge < -0.3 is 34.4 Å². The minimum Gasteiger partial charge on any atom is -0.386 e. The van der Waals surface area contributed by atoms with Crippen molar-refractivity contribution in [3.8, 4) is 12.3 Å². The van der Waals surface area contributed by atoms with E-state index in [1.165, 1.54) is 6.92 Å². The number of ether oxygens (including phenoxy) is 1. The first-order valence-electron chi connectivity index (χ1n) is 8.69. The van der Waals surface area contributed by atoms with E-state index in [4.69, 9.17) is 20.9 Å². The molecule has 0 bridgehead atoms. The molecule has 0 aliphatic carbocycles. The predicted octanol–water partition coefficient (Wildman–Crippen LogP) is -0.629. The second-order valence-corrected chi connectivity index (χ2v) is 11.2. The number of hydrogen-bond acceptors (Lipinski definition) is 11. The highest BCUT2D eigenvalue weighted by molar-refractivity contribution is 7.66. The molecule has 1 saturated heterocycles. The number of nitrogens with zero attached hydrogens (tertiary/aromatic N) is 3. The summed E-state index contributed by atoms with van der Waals surface area (Å²) in [7, 11) is -17.1. The van der Waals surface area contributed by atoms with Crippen molar-refractivity contribution in [2.24, 2.45) is 0 Å². The van der Waals surface area contributed by atoms with Crippen molar-refractivity contribution in [2.45, 2.75) is 31.0 Å². The quantitative estimate of drug-likeness (QED) is 0.177. The van der Waals surface area contributed by atoms with Crippen LogP contribution in [-0.2, 0) is 31.6 Å². The lowest BCUT2D eigenvalue weighted by atomic mass is 9.98. The summed E-state index contributed by atoms with van der Waals surface area (Å²) in [5.74, 6) is 2.00. The number of alkyl halides is 1. The monoisotopic (exact) mass is 548 g/mol. The number of aryl methyl sites for hydroxylation is 1. The van der Waals surface area contributed by atoms with Gasteiger partial charge in [0.25, 0.3) is 5.56 Å². The summed E-state index contributed by atoms with van der Waals surface area (Å²) in [6.07, 6.45) is 0.00605. The van der Waals surface area contributed by atoms with Crippen LogP contribution in [0.5, 0.6) is 0 Å². The van der Waals surface area contributed by atoms with Gasteiger partial charge in [-0.3, -0.25) is 13.9 Å². The number of aromatic nitrogens is 4. The minimum atomic E-state index is -5.83. The molecule has 1 aliphatic rings. The van der Waals surface area contributed by atoms with Crippen molar-refractivity contribution >= 4 is 34.6 Å². The van der Waals surface area contributed by atoms with Crippen molar-refractivity contribution < 1.29 is 60.6 Å². The summed E-state index contributed by atoms with van der Waals surface area (Å²) in [5, 5.41) is 10.4. The van der Waals surface area contributed by atoms with Gasteiger partial charge in [0.2, 0.25) is 0 Å². The Morgan fingerprint density at radius 3 is 2.53 bits per heavy atom. The molecular formula is C13H16FN4O13P3. The van der Waals surface area contributed by atoms with Crippen LogP contribution in [0, 0.1) is 19.3 Å². The third-order valence-electron chi connectivity index (χ3n) is 4.31. The van der Waals surface area contributed by atoms with Gasteiger partial charge in [0.05, 0.1) is 6.33 Å². The Morgan fingerprint density at radius 2 is 1.94 bits per heavy atom. The van der Waals surface area contributed by atoms with Crippen LogP contribution in [0.15, 0.2) is 11.1 Å². The zero-order valence-electron chi connectivity index (χ0n) is 16.7. The topological polar surface area (TPSA) is 253 Å². The van der Waals surface area contributed by atoms with Gasteiger partial charge in [-0.2, -0.15) is 8.62 Å². The number of aliphatic hydroxyl groups excluding tert-OH is 1. The lowest BCUT2D eigenvalue weighted by Crippen LogP contribution is -2.44. The van der Waals surface area contributed by atoms with E-state index < -0.39 is 59.7 Å². The maximum absolute atomic E-state index is 15.0. The summed E-state index contributed by atoms with van der Waals surface area (Å²) >= 11 is 0. The second kappa shape index (κ2) is 8.99. The molecule has 0 radical (unpaired) electrons. The highest BCUT2D eigenvalue weighted by atomic mass is 31.3. The molecule has 3 heterocycles. The number of imidazole rings is 1. The molecule has 0 spiro atoms. The first-order chi connectivity index (χ1) is 15.5. The van der Waals surface area contributed by atoms with Crippen LogP contribution < -0.4 is 5.56 Å². The molecule has 6 N–H and O–H groups in total. The molecule has 188 valence electrons. The van der Waals surface area contributed by atoms with Gasteiger partial charge in [-0.1, -0.05) is 5.92 Å². The lowest BCUT2D eigenvalue weighted by Gasteiger charge is -2.26. The molecule has 0 amide bonds. The van der Waals surface area contributed by atoms with E-state index in [0.717, 1.165) is 10.9 Å². The van der Waals surface area contributed by atoms with Crippen LogP contribution in [0.25, 0.3) is 11.2 Å². The van der Waals surface area contributed by atoms with E-state index in [1.807, 2.05) is 5.92 Å². The van der Waals surface area contributed by atoms with Gasteiger partial charge in [-0.15, -0.1) is 6.42 Å². The molecule has 21 heteroatoms. The fraction of sp³-hybridized carbons (Fsp3) is 0.462. The van der Waals surface area contributed by atoms with Crippen LogP contribution in [0.2, 0.25) is 0 Å². The molecule has 2 unspecified atom stereocenters. The Balaban J connectivity index is 1.84. The third-order valence-corrected chi connectivity index (χ3v) is 8.09. The molecule has 1 aliphatic heterocycles. The van der Waals surface area contributed by atoms with Gasteiger partial charge in [0, 0.05) is 0 Å². The maximum Gasteiger partial charge on any atom is 0.490 e. The number of nitrogens with one attached hydrogen (secondary N) is 1. The summed E-state index contributed by atoms with van der Waals surface area (Å²) in [4.78, 5) is 58.0. The van der Waals surface area contributed by atoms with E-state index >= 15 is 0 Å². The second-order valence-electron chi connectivity index (χ2n) is 6.77. The van der Waals surface area contributed by atoms with Crippen molar-refractivity contribution in [2.75, 3.05) is 6.61 Å². The van der Waals surface area contributed by atoms with Crippen molar-refractivity contribution in [1.29, 1.82) is 0 Å². The van der Waals surface area contributed by atoms with Crippen LogP contribution in [0.1, 0.15) is 12.1 Å². The molecule has 17 nitrogen and oxygen atoms in total. The molecule has 3 rings (SSSR count). The smallest absolute Gasteiger partial charge is 0.386 e. The number of halogens is 1. The van der Waals surface area contributed by atoms with Gasteiger partial charge in [0.1, 0.15) is 18.5 Å². The molecule has 0 saturated carbocycles. The maximum atomic E-state index is 15.0. The Labute approximate surface area is 188 Å². The zero-order valence-corrected chi connectivity index (χ0v) is 19.3. The number of hydrogen-bond donors (Lipinski definition) is 6. The number of aromatic amines is 1. The zero-order chi connectivity index (χ0) is 25.7. The first kappa shape index (κ1) is 26.8. The lowest BCUT2D eigenvalue weighted by molar-refractivity contribution is -0.0883. The Kier molecular flexibility index (Phi) is 7.08. The molecule has 0 aromatic carbocycles. The fourth-order valence-corrected chi connectivity index (χ4v) is 6.01. The standard InChI is InChI=1S/C13H16FN4O13P3/c1-3-13(4-28-33(24,25)31-34(26,27)30-32(21,22)23)9(19)7(14)12(29-13)18-5-15-8-10(18)16-6(2)17-11(8)20/h1,5,7,9,12,19H,4H2,2H3,(H,24,25)(H,26,27)(H,16,17,20)(H2,21,22,23)/t7-,9+,12-,13-/m1/s1. The van der Waals surface area contributed by atoms with E-state index in [1.54, 1.807) is 0 Å². The van der Waals surface area contributed by atoms with Crippen molar-refractivity contribution in [3.63, 3.8) is 0 Å². The number of aliphatic hydroxyl groups is 1. The van der Waals surface area contributed by atoms with Crippen LogP contribution in [-0.4, -0.2) is 68.7 Å². The molecular weight excluding hydrogens is 532 g/mol. The van der Waals surface area contributed by atoms with E-state index in [2.05, 4.69) is 28.1 Å². The third kappa shape index (κ3) is 5.52. The number of rotatable bonds is 8. The van der Waals surface area contributed by atoms with Gasteiger partial charge in [0.15, 0.2) is 29.2 Å². The molecule has 2 aromatic heterocycles. The average Bonchev–Trinajstić information content (AvgIpc) is 3.18. The molecule has 1 fully saturated rings. The largest absolute Gasteiger partial charge is 0.490 e. The van der Waals surface area contributed by atoms with Gasteiger partial charge in [-0.25, -0.2) is 28.1 Å². The van der Waals surface area contributed by atoms with E-state index in [-0.39, 0.29) is 17.0 Å². The number of fused-ring (bicyclic) bond motifs is 1. The highest BCUT2D eigenvalue weighted by Gasteiger charge is 2.57. The Hall–Kier alpha value is -1.83. The summed E-state index contributed by atoms with van der Waals surface area (Å²) in [6.45, 7) is 0.120. The van der Waals surface area contributed by atoms with Gasteiger partial charge in [-0.05, 0) is 6.92 Å². The first-order valence-corrected chi connectivity index (χ1v) is 13.2. The summed E-state index contributed by atoms with van der Waals surface area (Å²) in [5.41, 5.74) is -3.46. The van der Waals surface area contributed by atoms with Gasteiger partial charge >= 0.3 is 23.5 Å². The normalized spacial score (nSPS) is 28.9. The average molecular weight is 548 g/mol. The Bertz CT molecular complexity index is 1350. The molecule has 34 heavy (non-hydrogen) atoms. The highest BCUT2D eigenvalue weighted by Crippen LogP contribution is 2.66. The van der Waals surface area contributed by atoms with E-state index in [0.29, 0.717) is 0 Å². The van der Waals surface area contributed by atoms with Crippen LogP contribution in [0.4, 0.5) is 4.39 Å². The predicted molar refractivity (Wildman–Crippen MR) is 105 cm³/mol. The number of terminal acetylenes is 1. The van der Waals surface area contributed by atoms with E-state index in [9.17, 15) is 37.8 Å². The van der Waals surface area contributed by atoms with Crippen molar-refractivity contribution in [3.05, 3.63) is 22.5 Å². The number of phosphoric acid groups is 3. The summed E-state index contributed by atoms with van der Waals surface area (Å²) < 4.78 is 66.9. The molecule has 2 aromatic rings. The summed E-state index contributed by atoms with van der Waals surface area (Å²) in [6, 6.07) is 0.